The average Bonchev–Trinajstić information content (AvgIpc) is 3.14. The molecule has 1 amide bonds. The molecule has 0 aliphatic carbocycles. The third-order valence-corrected chi connectivity index (χ3v) is 7.81. The van der Waals surface area contributed by atoms with Gasteiger partial charge in [-0.05, 0) is 80.6 Å². The number of amides is 1. The molecule has 3 rings (SSSR count). The van der Waals surface area contributed by atoms with Crippen molar-refractivity contribution in [1.29, 1.82) is 0 Å². The molecule has 0 saturated carbocycles. The Kier molecular flexibility index (Phi) is 6.99. The van der Waals surface area contributed by atoms with E-state index in [4.69, 9.17) is 0 Å². The van der Waals surface area contributed by atoms with Gasteiger partial charge in [-0.15, -0.1) is 0 Å². The Morgan fingerprint density at radius 1 is 1.23 bits per heavy atom. The van der Waals surface area contributed by atoms with Crippen LogP contribution < -0.4 is 9.46 Å². The monoisotopic (exact) mass is 456 g/mol. The molecule has 1 atom stereocenters. The van der Waals surface area contributed by atoms with E-state index in [1.807, 2.05) is 13.8 Å². The minimum atomic E-state index is -3.60. The number of nitrogens with zero attached hydrogens (tertiary/aromatic N) is 1. The van der Waals surface area contributed by atoms with E-state index in [-0.39, 0.29) is 22.3 Å². The molecule has 0 radical (unpaired) electrons. The molecule has 1 N–H and O–H groups in total. The third-order valence-electron chi connectivity index (χ3n) is 4.85. The Morgan fingerprint density at radius 2 is 1.93 bits per heavy atom. The van der Waals surface area contributed by atoms with Crippen molar-refractivity contribution in [2.75, 3.05) is 6.54 Å². The summed E-state index contributed by atoms with van der Waals surface area (Å²) in [5.41, 5.74) is 1.07. The first-order valence-corrected chi connectivity index (χ1v) is 11.6. The number of benzene rings is 2. The Labute approximate surface area is 178 Å². The molecule has 0 bridgehead atoms. The summed E-state index contributed by atoms with van der Waals surface area (Å²) < 4.78 is 58.7. The fourth-order valence-electron chi connectivity index (χ4n) is 3.20. The summed E-state index contributed by atoms with van der Waals surface area (Å²) in [6, 6.07) is 10.1. The van der Waals surface area contributed by atoms with Gasteiger partial charge in [0.25, 0.3) is 5.91 Å². The number of halogens is 2. The van der Waals surface area contributed by atoms with Gasteiger partial charge in [-0.1, -0.05) is 6.07 Å². The minimum absolute atomic E-state index is 0.0378. The number of nitrogens with one attached hydrogen (secondary N) is 1. The molecule has 1 saturated heterocycles. The Balaban J connectivity index is 1.71. The van der Waals surface area contributed by atoms with Crippen LogP contribution in [-0.2, 0) is 10.0 Å². The molecule has 2 aromatic rings. The highest BCUT2D eigenvalue weighted by Crippen LogP contribution is 2.29. The number of ether oxygens (including phenoxy) is 1. The first-order valence-electron chi connectivity index (χ1n) is 9.33. The second-order valence-electron chi connectivity index (χ2n) is 6.97. The van der Waals surface area contributed by atoms with Gasteiger partial charge in [-0.25, -0.2) is 8.42 Å². The molecule has 6 nitrogen and oxygen atoms in total. The molecular formula is C20H22F2N2O4S2. The summed E-state index contributed by atoms with van der Waals surface area (Å²) in [4.78, 5) is 13.1. The molecule has 1 fully saturated rings. The molecule has 2 aromatic carbocycles. The maximum atomic E-state index is 12.9. The van der Waals surface area contributed by atoms with Crippen molar-refractivity contribution in [3.05, 3.63) is 53.6 Å². The predicted octanol–water partition coefficient (Wildman–Crippen LogP) is 4.21. The van der Waals surface area contributed by atoms with Crippen LogP contribution in [-0.4, -0.2) is 37.8 Å². The van der Waals surface area contributed by atoms with Crippen molar-refractivity contribution < 1.29 is 26.7 Å². The molecule has 1 aliphatic rings. The molecular weight excluding hydrogens is 434 g/mol. The van der Waals surface area contributed by atoms with Crippen molar-refractivity contribution in [3.8, 4) is 5.75 Å². The molecule has 0 aromatic heterocycles. The number of carbonyl (C=O) groups excluding carboxylic acids is 1. The maximum absolute atomic E-state index is 12.9. The number of alkyl halides is 2. The zero-order valence-corrected chi connectivity index (χ0v) is 18.1. The van der Waals surface area contributed by atoms with E-state index in [1.165, 1.54) is 28.6 Å². The number of rotatable bonds is 7. The predicted molar refractivity (Wildman–Crippen MR) is 110 cm³/mol. The van der Waals surface area contributed by atoms with Gasteiger partial charge in [-0.2, -0.15) is 13.1 Å². The Bertz CT molecular complexity index is 1010. The summed E-state index contributed by atoms with van der Waals surface area (Å²) in [5.74, 6) is -0.483. The fourth-order valence-corrected chi connectivity index (χ4v) is 5.73. The number of aryl methyl sites for hydroxylation is 1. The van der Waals surface area contributed by atoms with E-state index < -0.39 is 22.5 Å². The van der Waals surface area contributed by atoms with E-state index in [0.717, 1.165) is 30.4 Å². The van der Waals surface area contributed by atoms with Crippen LogP contribution in [0.4, 0.5) is 8.78 Å². The number of carbonyl (C=O) groups is 1. The fraction of sp³-hybridized carbons (Fsp3) is 0.350. The van der Waals surface area contributed by atoms with Crippen LogP contribution in [0.1, 0.15) is 35.7 Å². The third kappa shape index (κ3) is 5.11. The summed E-state index contributed by atoms with van der Waals surface area (Å²) >= 11 is 1.00. The lowest BCUT2D eigenvalue weighted by molar-refractivity contribution is -0.0498. The van der Waals surface area contributed by atoms with E-state index >= 15 is 0 Å². The van der Waals surface area contributed by atoms with E-state index in [1.54, 1.807) is 18.2 Å². The van der Waals surface area contributed by atoms with Gasteiger partial charge in [0.15, 0.2) is 0 Å². The zero-order valence-electron chi connectivity index (χ0n) is 16.5. The van der Waals surface area contributed by atoms with Crippen LogP contribution in [0.25, 0.3) is 0 Å². The minimum Gasteiger partial charge on any atom is -0.435 e. The van der Waals surface area contributed by atoms with Crippen molar-refractivity contribution in [2.24, 2.45) is 0 Å². The molecule has 162 valence electrons. The van der Waals surface area contributed by atoms with Gasteiger partial charge in [0.05, 0.1) is 4.90 Å². The largest absolute Gasteiger partial charge is 0.435 e. The van der Waals surface area contributed by atoms with Gasteiger partial charge < -0.3 is 4.74 Å². The first kappa shape index (κ1) is 22.5. The SMILES string of the molecule is Cc1ccc(S(=O)(=O)N2CCCC2C)cc1SNC(=O)c1ccc(OC(F)F)cc1. The lowest BCUT2D eigenvalue weighted by atomic mass is 10.2. The van der Waals surface area contributed by atoms with Crippen LogP contribution in [0.15, 0.2) is 52.3 Å². The van der Waals surface area contributed by atoms with E-state index in [0.29, 0.717) is 11.4 Å². The van der Waals surface area contributed by atoms with Gasteiger partial charge >= 0.3 is 6.61 Å². The standard InChI is InChI=1S/C20H22F2N2O4S2/c1-13-5-10-17(30(26,27)24-11-3-4-14(24)2)12-18(13)29-23-19(25)15-6-8-16(9-7-15)28-20(21)22/h5-10,12,14,20H,3-4,11H2,1-2H3,(H,23,25). The molecule has 0 spiro atoms. The number of hydrogen-bond donors (Lipinski definition) is 1. The van der Waals surface area contributed by atoms with Crippen LogP contribution in [0.5, 0.6) is 5.75 Å². The highest BCUT2D eigenvalue weighted by Gasteiger charge is 2.32. The normalized spacial score (nSPS) is 17.3. The topological polar surface area (TPSA) is 75.7 Å². The summed E-state index contributed by atoms with van der Waals surface area (Å²) in [7, 11) is -3.60. The molecule has 1 unspecified atom stereocenters. The second kappa shape index (κ2) is 9.32. The molecule has 1 heterocycles. The van der Waals surface area contributed by atoms with Gasteiger partial charge in [-0.3, -0.25) is 9.52 Å². The quantitative estimate of drug-likeness (QED) is 0.632. The molecule has 30 heavy (non-hydrogen) atoms. The van der Waals surface area contributed by atoms with Crippen molar-refractivity contribution in [1.82, 2.24) is 9.03 Å². The summed E-state index contributed by atoms with van der Waals surface area (Å²) in [6.07, 6.45) is 1.68. The highest BCUT2D eigenvalue weighted by molar-refractivity contribution is 7.98. The van der Waals surface area contributed by atoms with Crippen molar-refractivity contribution in [2.45, 2.75) is 49.1 Å². The van der Waals surface area contributed by atoms with Crippen molar-refractivity contribution >= 4 is 27.9 Å². The summed E-state index contributed by atoms with van der Waals surface area (Å²) in [5, 5.41) is 0. The van der Waals surface area contributed by atoms with Crippen molar-refractivity contribution in [3.63, 3.8) is 0 Å². The zero-order chi connectivity index (χ0) is 21.9. The lowest BCUT2D eigenvalue weighted by Gasteiger charge is -2.21. The average molecular weight is 457 g/mol. The lowest BCUT2D eigenvalue weighted by Crippen LogP contribution is -2.33. The number of hydrogen-bond acceptors (Lipinski definition) is 5. The van der Waals surface area contributed by atoms with Gasteiger partial charge in [0, 0.05) is 23.0 Å². The van der Waals surface area contributed by atoms with Crippen LogP contribution >= 0.6 is 11.9 Å². The van der Waals surface area contributed by atoms with E-state index in [2.05, 4.69) is 9.46 Å². The van der Waals surface area contributed by atoms with Gasteiger partial charge in [0.1, 0.15) is 5.75 Å². The molecule has 1 aliphatic heterocycles. The van der Waals surface area contributed by atoms with Crippen LogP contribution in [0.2, 0.25) is 0 Å². The Hall–Kier alpha value is -2.17. The smallest absolute Gasteiger partial charge is 0.387 e. The Morgan fingerprint density at radius 3 is 2.53 bits per heavy atom. The van der Waals surface area contributed by atoms with Crippen LogP contribution in [0.3, 0.4) is 0 Å². The number of sulfonamides is 1. The second-order valence-corrected chi connectivity index (χ2v) is 9.71. The maximum Gasteiger partial charge on any atom is 0.387 e. The first-order chi connectivity index (χ1) is 14.2. The van der Waals surface area contributed by atoms with Gasteiger partial charge in [0.2, 0.25) is 10.0 Å². The summed E-state index contributed by atoms with van der Waals surface area (Å²) in [6.45, 7) is 1.28. The van der Waals surface area contributed by atoms with E-state index in [9.17, 15) is 22.0 Å². The molecule has 10 heteroatoms. The highest BCUT2D eigenvalue weighted by atomic mass is 32.2. The van der Waals surface area contributed by atoms with Crippen LogP contribution in [0, 0.1) is 6.92 Å².